The molecule has 0 heterocycles. The Morgan fingerprint density at radius 1 is 1.33 bits per heavy atom. The Balaban J connectivity index is 2.11. The third kappa shape index (κ3) is 5.67. The van der Waals surface area contributed by atoms with Crippen LogP contribution >= 0.6 is 0 Å². The van der Waals surface area contributed by atoms with Gasteiger partial charge in [-0.15, -0.1) is 0 Å². The highest BCUT2D eigenvalue weighted by atomic mass is 32.2. The van der Waals surface area contributed by atoms with Crippen LogP contribution in [-0.2, 0) is 10.8 Å². The zero-order chi connectivity index (χ0) is 11.3. The highest BCUT2D eigenvalue weighted by Crippen LogP contribution is 2.27. The van der Waals surface area contributed by atoms with Crippen molar-refractivity contribution in [1.82, 2.24) is 5.32 Å². The molecule has 1 saturated carbocycles. The minimum Gasteiger partial charge on any atom is -0.313 e. The molecule has 0 aromatic rings. The lowest BCUT2D eigenvalue weighted by Crippen LogP contribution is -2.35. The monoisotopic (exact) mass is 231 g/mol. The van der Waals surface area contributed by atoms with Gasteiger partial charge in [0.05, 0.1) is 0 Å². The van der Waals surface area contributed by atoms with E-state index in [1.807, 2.05) is 0 Å². The summed E-state index contributed by atoms with van der Waals surface area (Å²) >= 11 is 0. The Labute approximate surface area is 96.7 Å². The summed E-state index contributed by atoms with van der Waals surface area (Å²) in [5.41, 5.74) is 0. The van der Waals surface area contributed by atoms with Crippen LogP contribution in [0, 0.1) is 11.8 Å². The molecule has 0 aliphatic heterocycles. The predicted molar refractivity (Wildman–Crippen MR) is 67.5 cm³/mol. The molecule has 0 saturated heterocycles. The standard InChI is InChI=1S/C12H25NOS/c1-10-4-6-12(7-5-10)8-13-11(2)9-15(3)14/h10-13H,4-9H2,1-3H3. The first-order valence-electron chi connectivity index (χ1n) is 6.11. The van der Waals surface area contributed by atoms with E-state index in [1.165, 1.54) is 25.7 Å². The van der Waals surface area contributed by atoms with Crippen LogP contribution in [0.4, 0.5) is 0 Å². The van der Waals surface area contributed by atoms with Gasteiger partial charge in [-0.1, -0.05) is 19.8 Å². The lowest BCUT2D eigenvalue weighted by atomic mass is 9.83. The van der Waals surface area contributed by atoms with Gasteiger partial charge in [0, 0.05) is 28.9 Å². The number of hydrogen-bond donors (Lipinski definition) is 1. The first-order valence-corrected chi connectivity index (χ1v) is 7.84. The molecule has 1 rings (SSSR count). The highest BCUT2D eigenvalue weighted by molar-refractivity contribution is 7.84. The fourth-order valence-corrected chi connectivity index (χ4v) is 3.13. The molecule has 0 aromatic heterocycles. The molecule has 1 N–H and O–H groups in total. The Morgan fingerprint density at radius 3 is 2.47 bits per heavy atom. The van der Waals surface area contributed by atoms with E-state index in [-0.39, 0.29) is 0 Å². The summed E-state index contributed by atoms with van der Waals surface area (Å²) in [6.07, 6.45) is 7.30. The van der Waals surface area contributed by atoms with Crippen LogP contribution in [0.3, 0.4) is 0 Å². The van der Waals surface area contributed by atoms with Crippen molar-refractivity contribution in [3.63, 3.8) is 0 Å². The SMILES string of the molecule is CC1CCC(CNC(C)CS(C)=O)CC1. The molecule has 0 spiro atoms. The van der Waals surface area contributed by atoms with Gasteiger partial charge in [-0.05, 0) is 38.1 Å². The third-order valence-corrected chi connectivity index (χ3v) is 4.34. The number of nitrogens with one attached hydrogen (secondary N) is 1. The van der Waals surface area contributed by atoms with Crippen LogP contribution < -0.4 is 5.32 Å². The van der Waals surface area contributed by atoms with Gasteiger partial charge >= 0.3 is 0 Å². The zero-order valence-electron chi connectivity index (χ0n) is 10.3. The lowest BCUT2D eigenvalue weighted by molar-refractivity contribution is 0.277. The van der Waals surface area contributed by atoms with Crippen molar-refractivity contribution in [2.24, 2.45) is 11.8 Å². The van der Waals surface area contributed by atoms with Crippen molar-refractivity contribution in [2.45, 2.75) is 45.6 Å². The van der Waals surface area contributed by atoms with Crippen molar-refractivity contribution in [2.75, 3.05) is 18.6 Å². The van der Waals surface area contributed by atoms with Crippen molar-refractivity contribution in [1.29, 1.82) is 0 Å². The Bertz CT molecular complexity index is 200. The van der Waals surface area contributed by atoms with Gasteiger partial charge in [0.15, 0.2) is 0 Å². The predicted octanol–water partition coefficient (Wildman–Crippen LogP) is 2.17. The van der Waals surface area contributed by atoms with Gasteiger partial charge in [0.1, 0.15) is 0 Å². The van der Waals surface area contributed by atoms with Crippen LogP contribution in [0.25, 0.3) is 0 Å². The second-order valence-corrected chi connectivity index (χ2v) is 6.65. The van der Waals surface area contributed by atoms with Crippen molar-refractivity contribution >= 4 is 10.8 Å². The minimum atomic E-state index is -0.670. The van der Waals surface area contributed by atoms with Crippen LogP contribution in [-0.4, -0.2) is 28.8 Å². The van der Waals surface area contributed by atoms with E-state index in [2.05, 4.69) is 19.2 Å². The fourth-order valence-electron chi connectivity index (χ4n) is 2.31. The average Bonchev–Trinajstić information content (AvgIpc) is 2.16. The van der Waals surface area contributed by atoms with Crippen molar-refractivity contribution in [3.05, 3.63) is 0 Å². The molecule has 2 nitrogen and oxygen atoms in total. The first kappa shape index (κ1) is 13.2. The molecule has 0 radical (unpaired) electrons. The molecule has 1 aliphatic carbocycles. The molecule has 1 fully saturated rings. The van der Waals surface area contributed by atoms with E-state index in [4.69, 9.17) is 0 Å². The quantitative estimate of drug-likeness (QED) is 0.785. The van der Waals surface area contributed by atoms with Crippen LogP contribution in [0.15, 0.2) is 0 Å². The van der Waals surface area contributed by atoms with Gasteiger partial charge in [0.2, 0.25) is 0 Å². The molecular weight excluding hydrogens is 206 g/mol. The van der Waals surface area contributed by atoms with Gasteiger partial charge < -0.3 is 5.32 Å². The molecule has 0 aromatic carbocycles. The van der Waals surface area contributed by atoms with Crippen LogP contribution in [0.5, 0.6) is 0 Å². The highest BCUT2D eigenvalue weighted by Gasteiger charge is 2.18. The summed E-state index contributed by atoms with van der Waals surface area (Å²) in [5.74, 6) is 2.57. The van der Waals surface area contributed by atoms with E-state index in [0.717, 1.165) is 24.1 Å². The van der Waals surface area contributed by atoms with E-state index >= 15 is 0 Å². The number of hydrogen-bond acceptors (Lipinski definition) is 2. The second-order valence-electron chi connectivity index (χ2n) is 5.18. The van der Waals surface area contributed by atoms with Gasteiger partial charge in [-0.2, -0.15) is 0 Å². The molecule has 15 heavy (non-hydrogen) atoms. The molecule has 0 amide bonds. The van der Waals surface area contributed by atoms with Gasteiger partial charge in [0.25, 0.3) is 0 Å². The maximum atomic E-state index is 11.0. The maximum absolute atomic E-state index is 11.0. The fraction of sp³-hybridized carbons (Fsp3) is 1.00. The molecular formula is C12H25NOS. The minimum absolute atomic E-state index is 0.398. The van der Waals surface area contributed by atoms with E-state index in [9.17, 15) is 4.21 Å². The summed E-state index contributed by atoms with van der Waals surface area (Å²) < 4.78 is 11.0. The zero-order valence-corrected chi connectivity index (χ0v) is 11.1. The second kappa shape index (κ2) is 6.64. The smallest absolute Gasteiger partial charge is 0.0383 e. The Morgan fingerprint density at radius 2 is 1.93 bits per heavy atom. The maximum Gasteiger partial charge on any atom is 0.0383 e. The summed E-state index contributed by atoms with van der Waals surface area (Å²) in [7, 11) is -0.670. The normalized spacial score (nSPS) is 31.1. The topological polar surface area (TPSA) is 29.1 Å². The van der Waals surface area contributed by atoms with Crippen LogP contribution in [0.2, 0.25) is 0 Å². The average molecular weight is 231 g/mol. The van der Waals surface area contributed by atoms with Crippen LogP contribution in [0.1, 0.15) is 39.5 Å². The largest absolute Gasteiger partial charge is 0.313 e. The summed E-state index contributed by atoms with van der Waals surface area (Å²) in [5, 5.41) is 3.51. The third-order valence-electron chi connectivity index (χ3n) is 3.38. The van der Waals surface area contributed by atoms with Crippen molar-refractivity contribution in [3.8, 4) is 0 Å². The molecule has 1 aliphatic rings. The lowest BCUT2D eigenvalue weighted by Gasteiger charge is -2.27. The van der Waals surface area contributed by atoms with E-state index < -0.39 is 10.8 Å². The molecule has 2 unspecified atom stereocenters. The van der Waals surface area contributed by atoms with Crippen molar-refractivity contribution < 1.29 is 4.21 Å². The van der Waals surface area contributed by atoms with Gasteiger partial charge in [-0.3, -0.25) is 4.21 Å². The number of rotatable bonds is 5. The Kier molecular flexibility index (Phi) is 5.83. The molecule has 0 bridgehead atoms. The Hall–Kier alpha value is 0.110. The van der Waals surface area contributed by atoms with E-state index in [1.54, 1.807) is 6.26 Å². The molecule has 3 heteroatoms. The summed E-state index contributed by atoms with van der Waals surface area (Å²) in [6, 6.07) is 0.398. The first-order chi connectivity index (χ1) is 7.08. The molecule has 2 atom stereocenters. The van der Waals surface area contributed by atoms with Gasteiger partial charge in [-0.25, -0.2) is 0 Å². The molecule has 90 valence electrons. The summed E-state index contributed by atoms with van der Waals surface area (Å²) in [6.45, 7) is 5.60. The van der Waals surface area contributed by atoms with E-state index in [0.29, 0.717) is 6.04 Å². The summed E-state index contributed by atoms with van der Waals surface area (Å²) in [4.78, 5) is 0.